The molecule has 0 aliphatic carbocycles. The minimum atomic E-state index is -1.36. The monoisotopic (exact) mass is 282 g/mol. The summed E-state index contributed by atoms with van der Waals surface area (Å²) in [7, 11) is 0. The maximum atomic E-state index is 13.1. The quantitative estimate of drug-likeness (QED) is 0.858. The Morgan fingerprint density at radius 1 is 1.30 bits per heavy atom. The molecule has 1 atom stereocenters. The number of benzene rings is 1. The number of carboxylic acids is 1. The van der Waals surface area contributed by atoms with Crippen molar-refractivity contribution in [2.45, 2.75) is 40.2 Å². The van der Waals surface area contributed by atoms with Gasteiger partial charge in [0.1, 0.15) is 11.9 Å². The predicted octanol–water partition coefficient (Wildman–Crippen LogP) is 3.51. The van der Waals surface area contributed by atoms with Crippen LogP contribution in [0.2, 0.25) is 0 Å². The number of carboxylic acid groups (broad SMARTS) is 1. The molecule has 1 aromatic carbocycles. The lowest BCUT2D eigenvalue weighted by Crippen LogP contribution is -2.31. The van der Waals surface area contributed by atoms with E-state index in [0.29, 0.717) is 6.42 Å². The summed E-state index contributed by atoms with van der Waals surface area (Å²) in [5.41, 5.74) is -0.784. The van der Waals surface area contributed by atoms with E-state index in [9.17, 15) is 14.0 Å². The van der Waals surface area contributed by atoms with E-state index < -0.39 is 23.3 Å². The van der Waals surface area contributed by atoms with Gasteiger partial charge >= 0.3 is 11.9 Å². The van der Waals surface area contributed by atoms with Crippen LogP contribution in [0.3, 0.4) is 0 Å². The van der Waals surface area contributed by atoms with Gasteiger partial charge in [0.25, 0.3) is 0 Å². The first-order chi connectivity index (χ1) is 9.16. The second kappa shape index (κ2) is 6.03. The molecule has 0 fully saturated rings. The van der Waals surface area contributed by atoms with Gasteiger partial charge in [-0.25, -0.2) is 14.0 Å². The largest absolute Gasteiger partial charge is 0.478 e. The van der Waals surface area contributed by atoms with Gasteiger partial charge in [0, 0.05) is 0 Å². The highest BCUT2D eigenvalue weighted by atomic mass is 19.1. The fourth-order valence-electron chi connectivity index (χ4n) is 1.94. The number of halogens is 1. The van der Waals surface area contributed by atoms with E-state index in [-0.39, 0.29) is 17.1 Å². The molecule has 0 saturated carbocycles. The molecule has 20 heavy (non-hydrogen) atoms. The zero-order chi connectivity index (χ0) is 15.5. The molecule has 0 spiro atoms. The van der Waals surface area contributed by atoms with Crippen LogP contribution in [0.1, 0.15) is 54.8 Å². The van der Waals surface area contributed by atoms with Crippen LogP contribution in [0.5, 0.6) is 0 Å². The molecule has 0 saturated heterocycles. The van der Waals surface area contributed by atoms with Crippen LogP contribution in [-0.4, -0.2) is 23.1 Å². The van der Waals surface area contributed by atoms with Gasteiger partial charge in [0.15, 0.2) is 0 Å². The van der Waals surface area contributed by atoms with Gasteiger partial charge in [-0.1, -0.05) is 27.7 Å². The number of ether oxygens (including phenoxy) is 1. The number of carbonyl (C=O) groups is 2. The summed E-state index contributed by atoms with van der Waals surface area (Å²) in [5.74, 6) is -2.81. The Labute approximate surface area is 117 Å². The van der Waals surface area contributed by atoms with E-state index in [2.05, 4.69) is 0 Å². The van der Waals surface area contributed by atoms with Crippen molar-refractivity contribution in [1.82, 2.24) is 0 Å². The van der Waals surface area contributed by atoms with E-state index in [1.807, 2.05) is 27.7 Å². The van der Waals surface area contributed by atoms with Gasteiger partial charge in [-0.3, -0.25) is 0 Å². The summed E-state index contributed by atoms with van der Waals surface area (Å²) in [6.45, 7) is 7.66. The van der Waals surface area contributed by atoms with Crippen molar-refractivity contribution in [2.24, 2.45) is 5.41 Å². The third kappa shape index (κ3) is 3.79. The maximum Gasteiger partial charge on any atom is 0.339 e. The molecule has 0 aliphatic heterocycles. The lowest BCUT2D eigenvalue weighted by Gasteiger charge is -2.29. The van der Waals surface area contributed by atoms with Gasteiger partial charge in [0.05, 0.1) is 11.1 Å². The van der Waals surface area contributed by atoms with Crippen LogP contribution in [0.4, 0.5) is 4.39 Å². The lowest BCUT2D eigenvalue weighted by molar-refractivity contribution is -0.00428. The van der Waals surface area contributed by atoms with Gasteiger partial charge in [-0.15, -0.1) is 0 Å². The van der Waals surface area contributed by atoms with Crippen molar-refractivity contribution in [1.29, 1.82) is 0 Å². The minimum Gasteiger partial charge on any atom is -0.478 e. The molecule has 0 aliphatic rings. The molecule has 0 heterocycles. The van der Waals surface area contributed by atoms with E-state index in [0.717, 1.165) is 18.2 Å². The van der Waals surface area contributed by atoms with Crippen LogP contribution >= 0.6 is 0 Å². The number of esters is 1. The number of hydrogen-bond acceptors (Lipinski definition) is 3. The first-order valence-corrected chi connectivity index (χ1v) is 6.40. The number of aromatic carboxylic acids is 1. The van der Waals surface area contributed by atoms with Crippen LogP contribution in [0, 0.1) is 11.2 Å². The Hall–Kier alpha value is -1.91. The second-order valence-corrected chi connectivity index (χ2v) is 5.66. The Kier molecular flexibility index (Phi) is 4.87. The Morgan fingerprint density at radius 2 is 1.90 bits per heavy atom. The minimum absolute atomic E-state index is 0.137. The summed E-state index contributed by atoms with van der Waals surface area (Å²) >= 11 is 0. The van der Waals surface area contributed by atoms with Crippen LogP contribution < -0.4 is 0 Å². The maximum absolute atomic E-state index is 13.1. The molecule has 1 rings (SSSR count). The average Bonchev–Trinajstić information content (AvgIpc) is 2.33. The molecule has 1 aromatic rings. The normalized spacial score (nSPS) is 12.8. The molecular formula is C15H19FO4. The number of hydrogen-bond donors (Lipinski definition) is 1. The molecule has 110 valence electrons. The molecular weight excluding hydrogens is 263 g/mol. The topological polar surface area (TPSA) is 63.6 Å². The molecule has 0 amide bonds. The van der Waals surface area contributed by atoms with Crippen LogP contribution in [0.25, 0.3) is 0 Å². The van der Waals surface area contributed by atoms with Gasteiger partial charge in [0.2, 0.25) is 0 Å². The predicted molar refractivity (Wildman–Crippen MR) is 72.3 cm³/mol. The van der Waals surface area contributed by atoms with Gasteiger partial charge < -0.3 is 9.84 Å². The molecule has 0 aromatic heterocycles. The highest BCUT2D eigenvalue weighted by Crippen LogP contribution is 2.26. The fraction of sp³-hybridized carbons (Fsp3) is 0.467. The molecule has 4 nitrogen and oxygen atoms in total. The Bertz CT molecular complexity index is 517. The fourth-order valence-corrected chi connectivity index (χ4v) is 1.94. The van der Waals surface area contributed by atoms with E-state index in [4.69, 9.17) is 9.84 Å². The van der Waals surface area contributed by atoms with E-state index in [1.54, 1.807) is 0 Å². The Morgan fingerprint density at radius 3 is 2.35 bits per heavy atom. The summed E-state index contributed by atoms with van der Waals surface area (Å²) in [5, 5.41) is 9.02. The van der Waals surface area contributed by atoms with E-state index in [1.165, 1.54) is 0 Å². The summed E-state index contributed by atoms with van der Waals surface area (Å²) in [4.78, 5) is 23.1. The van der Waals surface area contributed by atoms with Crippen LogP contribution in [-0.2, 0) is 4.74 Å². The van der Waals surface area contributed by atoms with Crippen molar-refractivity contribution >= 4 is 11.9 Å². The molecule has 5 heteroatoms. The highest BCUT2D eigenvalue weighted by molar-refractivity contribution is 6.02. The lowest BCUT2D eigenvalue weighted by atomic mass is 9.87. The summed E-state index contributed by atoms with van der Waals surface area (Å²) in [6, 6.07) is 2.99. The standard InChI is InChI=1S/C15H19FO4/c1-5-12(15(2,3)4)20-14(19)10-7-6-9(16)8-11(10)13(17)18/h6-8,12H,5H2,1-4H3,(H,17,18). The molecule has 1 N–H and O–H groups in total. The van der Waals surface area contributed by atoms with Crippen molar-refractivity contribution in [3.05, 3.63) is 35.1 Å². The van der Waals surface area contributed by atoms with E-state index >= 15 is 0 Å². The van der Waals surface area contributed by atoms with Crippen LogP contribution in [0.15, 0.2) is 18.2 Å². The number of rotatable bonds is 4. The molecule has 0 radical (unpaired) electrons. The van der Waals surface area contributed by atoms with Gasteiger partial charge in [-0.05, 0) is 30.0 Å². The van der Waals surface area contributed by atoms with Crippen molar-refractivity contribution in [2.75, 3.05) is 0 Å². The SMILES string of the molecule is CCC(OC(=O)c1ccc(F)cc1C(=O)O)C(C)(C)C. The molecule has 1 unspecified atom stereocenters. The average molecular weight is 282 g/mol. The van der Waals surface area contributed by atoms with Gasteiger partial charge in [-0.2, -0.15) is 0 Å². The second-order valence-electron chi connectivity index (χ2n) is 5.66. The highest BCUT2D eigenvalue weighted by Gasteiger charge is 2.28. The zero-order valence-corrected chi connectivity index (χ0v) is 12.1. The first-order valence-electron chi connectivity index (χ1n) is 6.40. The van der Waals surface area contributed by atoms with Crippen molar-refractivity contribution in [3.8, 4) is 0 Å². The van der Waals surface area contributed by atoms with Crippen molar-refractivity contribution in [3.63, 3.8) is 0 Å². The first kappa shape index (κ1) is 16.1. The Balaban J connectivity index is 3.07. The third-order valence-corrected chi connectivity index (χ3v) is 3.02. The third-order valence-electron chi connectivity index (χ3n) is 3.02. The number of carbonyl (C=O) groups excluding carboxylic acids is 1. The summed E-state index contributed by atoms with van der Waals surface area (Å²) < 4.78 is 18.4. The smallest absolute Gasteiger partial charge is 0.339 e. The van der Waals surface area contributed by atoms with Crippen molar-refractivity contribution < 1.29 is 23.8 Å². The molecule has 0 bridgehead atoms. The zero-order valence-electron chi connectivity index (χ0n) is 12.1. The summed E-state index contributed by atoms with van der Waals surface area (Å²) in [6.07, 6.45) is 0.264.